The fourth-order valence-electron chi connectivity index (χ4n) is 4.46. The third-order valence-electron chi connectivity index (χ3n) is 6.51. The first-order valence-corrected chi connectivity index (χ1v) is 13.0. The molecule has 2 aromatic carbocycles. The third-order valence-corrected chi connectivity index (χ3v) is 6.51. The molecule has 6 nitrogen and oxygen atoms in total. The van der Waals surface area contributed by atoms with E-state index in [0.29, 0.717) is 32.5 Å². The fourth-order valence-corrected chi connectivity index (χ4v) is 4.46. The monoisotopic (exact) mass is 498 g/mol. The number of pyridine rings is 1. The van der Waals surface area contributed by atoms with E-state index in [1.807, 2.05) is 53.4 Å². The van der Waals surface area contributed by atoms with Crippen LogP contribution >= 0.6 is 0 Å². The largest absolute Gasteiger partial charge is 0.466 e. The maximum atomic E-state index is 13.3. The molecule has 0 unspecified atom stereocenters. The number of esters is 1. The molecule has 1 amide bonds. The van der Waals surface area contributed by atoms with Gasteiger partial charge in [0, 0.05) is 43.4 Å². The smallest absolute Gasteiger partial charge is 0.310 e. The van der Waals surface area contributed by atoms with Gasteiger partial charge in [0.05, 0.1) is 13.0 Å². The van der Waals surface area contributed by atoms with Gasteiger partial charge in [0.25, 0.3) is 0 Å². The molecule has 1 aromatic heterocycles. The predicted octanol–water partition coefficient (Wildman–Crippen LogP) is 5.31. The van der Waals surface area contributed by atoms with Crippen LogP contribution in [0.3, 0.4) is 0 Å². The number of amides is 1. The van der Waals surface area contributed by atoms with Gasteiger partial charge < -0.3 is 14.4 Å². The van der Waals surface area contributed by atoms with Gasteiger partial charge in [-0.25, -0.2) is 0 Å². The Labute approximate surface area is 218 Å². The molecule has 0 aliphatic heterocycles. The molecule has 1 heterocycles. The number of aromatic nitrogens is 1. The minimum Gasteiger partial charge on any atom is -0.466 e. The topological polar surface area (TPSA) is 76.6 Å². The van der Waals surface area contributed by atoms with E-state index in [1.54, 1.807) is 26.2 Å². The van der Waals surface area contributed by atoms with Crippen molar-refractivity contribution in [2.45, 2.75) is 59.0 Å². The van der Waals surface area contributed by atoms with Crippen LogP contribution in [0.15, 0.2) is 67.0 Å². The lowest BCUT2D eigenvalue weighted by molar-refractivity contribution is -0.142. The number of carbonyl (C=O) groups excluding carboxylic acids is 3. The number of ketones is 1. The summed E-state index contributed by atoms with van der Waals surface area (Å²) in [5.41, 5.74) is 5.77. The molecule has 0 atom stereocenters. The quantitative estimate of drug-likeness (QED) is 0.316. The molecule has 1 aliphatic rings. The van der Waals surface area contributed by atoms with Crippen LogP contribution in [-0.4, -0.2) is 34.2 Å². The Balaban J connectivity index is 1.68. The van der Waals surface area contributed by atoms with Crippen molar-refractivity contribution in [2.75, 3.05) is 6.61 Å². The summed E-state index contributed by atoms with van der Waals surface area (Å²) in [6.07, 6.45) is 6.63. The van der Waals surface area contributed by atoms with E-state index in [9.17, 15) is 14.4 Å². The van der Waals surface area contributed by atoms with Gasteiger partial charge in [-0.2, -0.15) is 0 Å². The average molecular weight is 499 g/mol. The number of hydrogen-bond acceptors (Lipinski definition) is 5. The van der Waals surface area contributed by atoms with Crippen LogP contribution < -0.4 is 0 Å². The normalized spacial score (nSPS) is 12.7. The van der Waals surface area contributed by atoms with Crippen molar-refractivity contribution in [1.29, 1.82) is 0 Å². The molecule has 6 heteroatoms. The Morgan fingerprint density at radius 2 is 1.73 bits per heavy atom. The van der Waals surface area contributed by atoms with Gasteiger partial charge in [-0.1, -0.05) is 48.5 Å². The molecular formula is C31H34N2O4. The SMILES string of the molecule is CCOC(=O)Cc1cncc(-c2ccc(CCC(C)=O)cc2CN(Cc2ccccc2)C(=O)C2CC2)c1. The van der Waals surface area contributed by atoms with Gasteiger partial charge in [-0.3, -0.25) is 14.6 Å². The van der Waals surface area contributed by atoms with Gasteiger partial charge in [-0.15, -0.1) is 0 Å². The highest BCUT2D eigenvalue weighted by Crippen LogP contribution is 2.33. The van der Waals surface area contributed by atoms with Crippen molar-refractivity contribution in [3.05, 3.63) is 89.2 Å². The van der Waals surface area contributed by atoms with Crippen molar-refractivity contribution in [1.82, 2.24) is 9.88 Å². The second-order valence-corrected chi connectivity index (χ2v) is 9.71. The molecule has 0 spiro atoms. The maximum Gasteiger partial charge on any atom is 0.310 e. The molecule has 1 saturated carbocycles. The molecule has 0 N–H and O–H groups in total. The molecular weight excluding hydrogens is 464 g/mol. The summed E-state index contributed by atoms with van der Waals surface area (Å²) in [7, 11) is 0. The van der Waals surface area contributed by atoms with Crippen molar-refractivity contribution in [2.24, 2.45) is 5.92 Å². The summed E-state index contributed by atoms with van der Waals surface area (Å²) in [5.74, 6) is 0.141. The highest BCUT2D eigenvalue weighted by molar-refractivity contribution is 5.81. The highest BCUT2D eigenvalue weighted by Gasteiger charge is 2.33. The molecule has 37 heavy (non-hydrogen) atoms. The van der Waals surface area contributed by atoms with Crippen molar-refractivity contribution < 1.29 is 19.1 Å². The van der Waals surface area contributed by atoms with E-state index in [-0.39, 0.29) is 30.0 Å². The molecule has 1 aliphatic carbocycles. The number of benzene rings is 2. The van der Waals surface area contributed by atoms with E-state index >= 15 is 0 Å². The Morgan fingerprint density at radius 3 is 2.43 bits per heavy atom. The summed E-state index contributed by atoms with van der Waals surface area (Å²) in [4.78, 5) is 43.3. The first kappa shape index (κ1) is 26.3. The summed E-state index contributed by atoms with van der Waals surface area (Å²) in [6.45, 7) is 4.72. The molecule has 3 aromatic rings. The van der Waals surface area contributed by atoms with Crippen LogP contribution in [0.2, 0.25) is 0 Å². The van der Waals surface area contributed by atoms with Crippen LogP contribution in [0.25, 0.3) is 11.1 Å². The molecule has 0 bridgehead atoms. The van der Waals surface area contributed by atoms with Crippen LogP contribution in [-0.2, 0) is 45.1 Å². The lowest BCUT2D eigenvalue weighted by Gasteiger charge is -2.25. The van der Waals surface area contributed by atoms with Crippen LogP contribution in [0.4, 0.5) is 0 Å². The number of rotatable bonds is 12. The van der Waals surface area contributed by atoms with Gasteiger partial charge in [-0.05, 0) is 67.0 Å². The highest BCUT2D eigenvalue weighted by atomic mass is 16.5. The standard InChI is InChI=1S/C31H34N2O4/c1-3-37-30(35)17-25-16-27(19-32-18-25)29-14-11-23(10-9-22(2)34)15-28(29)21-33(31(36)26-12-13-26)20-24-7-5-4-6-8-24/h4-8,11,14-16,18-19,26H,3,9-10,12-13,17,20-21H2,1-2H3. The Bertz CT molecular complexity index is 1250. The van der Waals surface area contributed by atoms with E-state index in [2.05, 4.69) is 11.1 Å². The number of carbonyl (C=O) groups is 3. The first-order chi connectivity index (χ1) is 17.9. The second kappa shape index (κ2) is 12.4. The van der Waals surface area contributed by atoms with Crippen LogP contribution in [0.1, 0.15) is 55.4 Å². The zero-order valence-electron chi connectivity index (χ0n) is 21.6. The summed E-state index contributed by atoms with van der Waals surface area (Å²) >= 11 is 0. The fraction of sp³-hybridized carbons (Fsp3) is 0.355. The molecule has 4 rings (SSSR count). The Morgan fingerprint density at radius 1 is 0.946 bits per heavy atom. The lowest BCUT2D eigenvalue weighted by Crippen LogP contribution is -2.31. The van der Waals surface area contributed by atoms with E-state index in [1.165, 1.54) is 0 Å². The van der Waals surface area contributed by atoms with Crippen molar-refractivity contribution >= 4 is 17.7 Å². The van der Waals surface area contributed by atoms with Crippen molar-refractivity contribution in [3.8, 4) is 11.1 Å². The number of hydrogen-bond donors (Lipinski definition) is 0. The number of aryl methyl sites for hydroxylation is 1. The van der Waals surface area contributed by atoms with E-state index in [0.717, 1.165) is 46.2 Å². The van der Waals surface area contributed by atoms with E-state index < -0.39 is 0 Å². The zero-order chi connectivity index (χ0) is 26.2. The van der Waals surface area contributed by atoms with Gasteiger partial charge >= 0.3 is 5.97 Å². The Kier molecular flexibility index (Phi) is 8.83. The number of Topliss-reactive ketones (excluding diaryl/α,β-unsaturated/α-hetero) is 1. The second-order valence-electron chi connectivity index (χ2n) is 9.71. The van der Waals surface area contributed by atoms with Crippen LogP contribution in [0.5, 0.6) is 0 Å². The number of nitrogens with zero attached hydrogens (tertiary/aromatic N) is 2. The van der Waals surface area contributed by atoms with Crippen LogP contribution in [0, 0.1) is 5.92 Å². The Hall–Kier alpha value is -3.80. The van der Waals surface area contributed by atoms with Gasteiger partial charge in [0.1, 0.15) is 5.78 Å². The molecule has 192 valence electrons. The maximum absolute atomic E-state index is 13.3. The third kappa shape index (κ3) is 7.59. The summed E-state index contributed by atoms with van der Waals surface area (Å²) < 4.78 is 5.10. The average Bonchev–Trinajstić information content (AvgIpc) is 3.73. The summed E-state index contributed by atoms with van der Waals surface area (Å²) in [6, 6.07) is 18.2. The summed E-state index contributed by atoms with van der Waals surface area (Å²) in [5, 5.41) is 0. The minimum absolute atomic E-state index is 0.0997. The zero-order valence-corrected chi connectivity index (χ0v) is 21.6. The first-order valence-electron chi connectivity index (χ1n) is 13.0. The van der Waals surface area contributed by atoms with Gasteiger partial charge in [0.15, 0.2) is 0 Å². The van der Waals surface area contributed by atoms with E-state index in [4.69, 9.17) is 4.74 Å². The lowest BCUT2D eigenvalue weighted by atomic mass is 9.95. The van der Waals surface area contributed by atoms with Crippen molar-refractivity contribution in [3.63, 3.8) is 0 Å². The predicted molar refractivity (Wildman–Crippen MR) is 142 cm³/mol. The minimum atomic E-state index is -0.287. The molecule has 0 saturated heterocycles. The molecule has 0 radical (unpaired) electrons. The molecule has 1 fully saturated rings. The number of ether oxygens (including phenoxy) is 1. The van der Waals surface area contributed by atoms with Gasteiger partial charge in [0.2, 0.25) is 5.91 Å².